The van der Waals surface area contributed by atoms with Crippen LogP contribution in [0.15, 0.2) is 18.6 Å². The number of ether oxygens (including phenoxy) is 1. The molecule has 3 N–H and O–H groups in total. The van der Waals surface area contributed by atoms with Gasteiger partial charge in [0.25, 0.3) is 0 Å². The first-order valence-corrected chi connectivity index (χ1v) is 9.97. The molecule has 29 heavy (non-hydrogen) atoms. The van der Waals surface area contributed by atoms with Crippen molar-refractivity contribution in [3.63, 3.8) is 0 Å². The second-order valence-electron chi connectivity index (χ2n) is 7.34. The van der Waals surface area contributed by atoms with Crippen molar-refractivity contribution >= 4 is 17.5 Å². The van der Waals surface area contributed by atoms with Gasteiger partial charge < -0.3 is 20.3 Å². The molecule has 2 aromatic rings. The lowest BCUT2D eigenvalue weighted by Gasteiger charge is -2.28. The molecule has 0 aromatic carbocycles. The van der Waals surface area contributed by atoms with E-state index in [1.807, 2.05) is 13.8 Å². The van der Waals surface area contributed by atoms with Crippen LogP contribution in [0.4, 0.5) is 5.95 Å². The molecule has 3 atom stereocenters. The lowest BCUT2D eigenvalue weighted by atomic mass is 9.92. The normalized spacial score (nSPS) is 20.1. The number of hydrogen-bond acceptors (Lipinski definition) is 7. The molecule has 7 nitrogen and oxygen atoms in total. The van der Waals surface area contributed by atoms with E-state index in [0.29, 0.717) is 29.7 Å². The second kappa shape index (κ2) is 9.51. The van der Waals surface area contributed by atoms with Crippen molar-refractivity contribution in [1.29, 1.82) is 0 Å². The first-order chi connectivity index (χ1) is 13.9. The summed E-state index contributed by atoms with van der Waals surface area (Å²) in [5.74, 6) is 6.61. The van der Waals surface area contributed by atoms with E-state index in [9.17, 15) is 10.2 Å². The van der Waals surface area contributed by atoms with Gasteiger partial charge in [-0.2, -0.15) is 0 Å². The number of aliphatic hydroxyl groups excluding tert-OH is 2. The molecule has 3 rings (SSSR count). The summed E-state index contributed by atoms with van der Waals surface area (Å²) in [4.78, 5) is 12.8. The Morgan fingerprint density at radius 2 is 2.03 bits per heavy atom. The number of nitrogens with one attached hydrogen (secondary N) is 1. The SMILES string of the molecule is CC(C)c1c(C#Cc2nc(N[C@@H]3CCOC[C@H]3O)ncc2Cl)cncc1[C@@H](C)O. The minimum absolute atomic E-state index is 0.167. The van der Waals surface area contributed by atoms with Crippen LogP contribution in [-0.2, 0) is 4.74 Å². The minimum Gasteiger partial charge on any atom is -0.389 e. The first-order valence-electron chi connectivity index (χ1n) is 9.59. The Kier molecular flexibility index (Phi) is 7.04. The predicted octanol–water partition coefficient (Wildman–Crippen LogP) is 2.66. The fourth-order valence-electron chi connectivity index (χ4n) is 3.27. The molecule has 2 aromatic heterocycles. The third-order valence-corrected chi connectivity index (χ3v) is 5.02. The quantitative estimate of drug-likeness (QED) is 0.658. The van der Waals surface area contributed by atoms with Crippen LogP contribution in [0.2, 0.25) is 5.02 Å². The smallest absolute Gasteiger partial charge is 0.224 e. The lowest BCUT2D eigenvalue weighted by Crippen LogP contribution is -2.42. The van der Waals surface area contributed by atoms with Crippen LogP contribution in [0, 0.1) is 11.8 Å². The number of hydrogen-bond donors (Lipinski definition) is 3. The molecule has 0 bridgehead atoms. The predicted molar refractivity (Wildman–Crippen MR) is 111 cm³/mol. The van der Waals surface area contributed by atoms with Gasteiger partial charge in [-0.3, -0.25) is 4.98 Å². The summed E-state index contributed by atoms with van der Waals surface area (Å²) in [6.07, 6.45) is 4.24. The average molecular weight is 417 g/mol. The summed E-state index contributed by atoms with van der Waals surface area (Å²) >= 11 is 6.24. The molecule has 1 fully saturated rings. The Morgan fingerprint density at radius 1 is 1.24 bits per heavy atom. The molecular weight excluding hydrogens is 392 g/mol. The van der Waals surface area contributed by atoms with Crippen LogP contribution in [0.5, 0.6) is 0 Å². The van der Waals surface area contributed by atoms with Gasteiger partial charge in [0, 0.05) is 30.1 Å². The van der Waals surface area contributed by atoms with Crippen molar-refractivity contribution in [2.75, 3.05) is 18.5 Å². The molecule has 3 heterocycles. The lowest BCUT2D eigenvalue weighted by molar-refractivity contribution is -0.0136. The number of aliphatic hydroxyl groups is 2. The van der Waals surface area contributed by atoms with Gasteiger partial charge >= 0.3 is 0 Å². The third kappa shape index (κ3) is 5.22. The monoisotopic (exact) mass is 416 g/mol. The summed E-state index contributed by atoms with van der Waals surface area (Å²) < 4.78 is 5.24. The Bertz CT molecular complexity index is 924. The number of rotatable bonds is 4. The second-order valence-corrected chi connectivity index (χ2v) is 7.75. The van der Waals surface area contributed by atoms with Gasteiger partial charge in [-0.15, -0.1) is 0 Å². The van der Waals surface area contributed by atoms with Gasteiger partial charge in [0.1, 0.15) is 5.69 Å². The molecule has 1 aliphatic heterocycles. The van der Waals surface area contributed by atoms with E-state index in [1.54, 1.807) is 19.3 Å². The van der Waals surface area contributed by atoms with E-state index in [-0.39, 0.29) is 18.6 Å². The molecule has 0 radical (unpaired) electrons. The third-order valence-electron chi connectivity index (χ3n) is 4.75. The van der Waals surface area contributed by atoms with Crippen LogP contribution in [0.1, 0.15) is 61.6 Å². The Hall–Kier alpha value is -2.24. The Labute approximate surface area is 175 Å². The summed E-state index contributed by atoms with van der Waals surface area (Å²) in [5, 5.41) is 23.5. The van der Waals surface area contributed by atoms with E-state index in [1.165, 1.54) is 6.20 Å². The molecule has 1 saturated heterocycles. The number of pyridine rings is 1. The molecule has 1 aliphatic rings. The molecule has 0 spiro atoms. The topological polar surface area (TPSA) is 100 Å². The summed E-state index contributed by atoms with van der Waals surface area (Å²) in [6, 6.07) is -0.190. The maximum absolute atomic E-state index is 10.1. The van der Waals surface area contributed by atoms with E-state index in [4.69, 9.17) is 16.3 Å². The molecule has 0 saturated carbocycles. The summed E-state index contributed by atoms with van der Waals surface area (Å²) in [6.45, 7) is 6.66. The minimum atomic E-state index is -0.633. The highest BCUT2D eigenvalue weighted by atomic mass is 35.5. The fourth-order valence-corrected chi connectivity index (χ4v) is 3.41. The Morgan fingerprint density at radius 3 is 2.72 bits per heavy atom. The van der Waals surface area contributed by atoms with Gasteiger partial charge in [-0.25, -0.2) is 9.97 Å². The van der Waals surface area contributed by atoms with Crippen LogP contribution in [0.3, 0.4) is 0 Å². The van der Waals surface area contributed by atoms with Gasteiger partial charge in [0.15, 0.2) is 0 Å². The molecule has 154 valence electrons. The highest BCUT2D eigenvalue weighted by Crippen LogP contribution is 2.27. The standard InChI is InChI=1S/C21H25ClN4O3/c1-12(2)20-14(8-23-9-15(20)13(3)27)4-5-17-16(22)10-24-21(25-17)26-18-6-7-29-11-19(18)28/h8-10,12-13,18-19,27-28H,6-7,11H2,1-3H3,(H,24,25,26)/t13-,18-,19-/m1/s1. The first kappa shape index (κ1) is 21.5. The van der Waals surface area contributed by atoms with Gasteiger partial charge in [-0.1, -0.05) is 31.4 Å². The molecule has 0 amide bonds. The molecule has 0 unspecified atom stereocenters. The molecule has 0 aliphatic carbocycles. The van der Waals surface area contributed by atoms with Crippen molar-refractivity contribution in [2.24, 2.45) is 0 Å². The zero-order valence-corrected chi connectivity index (χ0v) is 17.4. The summed E-state index contributed by atoms with van der Waals surface area (Å²) in [5.41, 5.74) is 2.82. The largest absolute Gasteiger partial charge is 0.389 e. The molecule has 8 heteroatoms. The fraction of sp³-hybridized carbons (Fsp3) is 0.476. The highest BCUT2D eigenvalue weighted by molar-refractivity contribution is 6.31. The van der Waals surface area contributed by atoms with E-state index in [0.717, 1.165) is 16.7 Å². The van der Waals surface area contributed by atoms with E-state index >= 15 is 0 Å². The maximum atomic E-state index is 10.1. The molecular formula is C21H25ClN4O3. The van der Waals surface area contributed by atoms with Crippen molar-refractivity contribution in [3.05, 3.63) is 46.0 Å². The van der Waals surface area contributed by atoms with Crippen LogP contribution < -0.4 is 5.32 Å². The Balaban J connectivity index is 1.90. The zero-order valence-electron chi connectivity index (χ0n) is 16.7. The van der Waals surface area contributed by atoms with Crippen molar-refractivity contribution in [2.45, 2.75) is 51.4 Å². The van der Waals surface area contributed by atoms with Crippen LogP contribution in [0.25, 0.3) is 0 Å². The average Bonchev–Trinajstić information content (AvgIpc) is 2.69. The number of halogens is 1. The number of nitrogens with zero attached hydrogens (tertiary/aromatic N) is 3. The van der Waals surface area contributed by atoms with Gasteiger partial charge in [0.05, 0.1) is 36.1 Å². The zero-order chi connectivity index (χ0) is 21.0. The van der Waals surface area contributed by atoms with E-state index < -0.39 is 12.2 Å². The highest BCUT2D eigenvalue weighted by Gasteiger charge is 2.24. The van der Waals surface area contributed by atoms with Crippen LogP contribution >= 0.6 is 11.6 Å². The van der Waals surface area contributed by atoms with Crippen molar-refractivity contribution in [1.82, 2.24) is 15.0 Å². The summed E-state index contributed by atoms with van der Waals surface area (Å²) in [7, 11) is 0. The maximum Gasteiger partial charge on any atom is 0.224 e. The number of anilines is 1. The van der Waals surface area contributed by atoms with E-state index in [2.05, 4.69) is 32.1 Å². The number of aromatic nitrogens is 3. The van der Waals surface area contributed by atoms with Crippen molar-refractivity contribution in [3.8, 4) is 11.8 Å². The van der Waals surface area contributed by atoms with Gasteiger partial charge in [-0.05, 0) is 30.7 Å². The van der Waals surface area contributed by atoms with Crippen molar-refractivity contribution < 1.29 is 14.9 Å². The van der Waals surface area contributed by atoms with Gasteiger partial charge in [0.2, 0.25) is 5.95 Å². The van der Waals surface area contributed by atoms with Crippen LogP contribution in [-0.4, -0.2) is 50.5 Å².